The lowest BCUT2D eigenvalue weighted by atomic mass is 10.0. The number of nitrogens with zero attached hydrogens (tertiary/aromatic N) is 1. The first-order valence-corrected chi connectivity index (χ1v) is 6.20. The van der Waals surface area contributed by atoms with Gasteiger partial charge in [-0.2, -0.15) is 0 Å². The standard InChI is InChI=1S/C16H17NO2/c1-10-5-6-11(2)14(9-10)15-8-7-13(12(3)18)16(19)17(15)4/h5-9H,1-4H3. The number of ketones is 1. The van der Waals surface area contributed by atoms with Gasteiger partial charge in [-0.15, -0.1) is 0 Å². The molecule has 3 heteroatoms. The molecule has 0 saturated heterocycles. The first-order chi connectivity index (χ1) is 8.91. The van der Waals surface area contributed by atoms with Crippen LogP contribution in [0.3, 0.4) is 0 Å². The average molecular weight is 255 g/mol. The van der Waals surface area contributed by atoms with Crippen LogP contribution in [0.5, 0.6) is 0 Å². The lowest BCUT2D eigenvalue weighted by Gasteiger charge is -2.12. The number of Topliss-reactive ketones (excluding diaryl/α,β-unsaturated/α-hetero) is 1. The monoisotopic (exact) mass is 255 g/mol. The Hall–Kier alpha value is -2.16. The maximum atomic E-state index is 12.1. The molecule has 19 heavy (non-hydrogen) atoms. The van der Waals surface area contributed by atoms with Crippen molar-refractivity contribution >= 4 is 5.78 Å². The fraction of sp³-hybridized carbons (Fsp3) is 0.250. The van der Waals surface area contributed by atoms with Crippen molar-refractivity contribution in [3.05, 3.63) is 57.4 Å². The fourth-order valence-corrected chi connectivity index (χ4v) is 2.19. The van der Waals surface area contributed by atoms with Gasteiger partial charge in [0.25, 0.3) is 5.56 Å². The molecule has 0 aliphatic rings. The second-order valence-electron chi connectivity index (χ2n) is 4.87. The Kier molecular flexibility index (Phi) is 3.38. The lowest BCUT2D eigenvalue weighted by molar-refractivity contribution is 0.101. The summed E-state index contributed by atoms with van der Waals surface area (Å²) in [7, 11) is 1.70. The van der Waals surface area contributed by atoms with Crippen LogP contribution in [-0.4, -0.2) is 10.4 Å². The highest BCUT2D eigenvalue weighted by molar-refractivity contribution is 5.94. The third-order valence-corrected chi connectivity index (χ3v) is 3.35. The molecule has 0 amide bonds. The van der Waals surface area contributed by atoms with Gasteiger partial charge in [0.1, 0.15) is 0 Å². The van der Waals surface area contributed by atoms with Crippen LogP contribution >= 0.6 is 0 Å². The largest absolute Gasteiger partial charge is 0.311 e. The van der Waals surface area contributed by atoms with Crippen molar-refractivity contribution < 1.29 is 4.79 Å². The molecule has 0 aliphatic heterocycles. The quantitative estimate of drug-likeness (QED) is 0.774. The van der Waals surface area contributed by atoms with E-state index in [4.69, 9.17) is 0 Å². The number of aromatic nitrogens is 1. The van der Waals surface area contributed by atoms with Crippen LogP contribution in [0.15, 0.2) is 35.1 Å². The summed E-state index contributed by atoms with van der Waals surface area (Å²) in [5.41, 5.74) is 4.09. The van der Waals surface area contributed by atoms with Gasteiger partial charge in [-0.25, -0.2) is 0 Å². The Bertz CT molecular complexity index is 711. The number of rotatable bonds is 2. The van der Waals surface area contributed by atoms with Crippen LogP contribution in [0.2, 0.25) is 0 Å². The van der Waals surface area contributed by atoms with Gasteiger partial charge in [0.05, 0.1) is 11.3 Å². The molecule has 2 rings (SSSR count). The number of benzene rings is 1. The maximum absolute atomic E-state index is 12.1. The summed E-state index contributed by atoms with van der Waals surface area (Å²) in [4.78, 5) is 23.5. The van der Waals surface area contributed by atoms with Gasteiger partial charge in [-0.05, 0) is 44.5 Å². The van der Waals surface area contributed by atoms with Crippen molar-refractivity contribution in [3.63, 3.8) is 0 Å². The molecule has 98 valence electrons. The first kappa shape index (κ1) is 13.3. The molecule has 3 nitrogen and oxygen atoms in total. The Labute approximate surface area is 112 Å². The van der Waals surface area contributed by atoms with Gasteiger partial charge in [-0.3, -0.25) is 9.59 Å². The van der Waals surface area contributed by atoms with Crippen molar-refractivity contribution in [2.45, 2.75) is 20.8 Å². The van der Waals surface area contributed by atoms with Crippen LogP contribution in [0.1, 0.15) is 28.4 Å². The Morgan fingerprint density at radius 1 is 1.11 bits per heavy atom. The fourth-order valence-electron chi connectivity index (χ4n) is 2.19. The lowest BCUT2D eigenvalue weighted by Crippen LogP contribution is -2.24. The highest BCUT2D eigenvalue weighted by Crippen LogP contribution is 2.23. The predicted molar refractivity (Wildman–Crippen MR) is 76.6 cm³/mol. The molecule has 0 fully saturated rings. The second kappa shape index (κ2) is 4.84. The molecule has 0 N–H and O–H groups in total. The molecule has 0 unspecified atom stereocenters. The summed E-state index contributed by atoms with van der Waals surface area (Å²) in [5.74, 6) is -0.201. The molecule has 0 atom stereocenters. The SMILES string of the molecule is CC(=O)c1ccc(-c2cc(C)ccc2C)n(C)c1=O. The molecule has 0 bridgehead atoms. The van der Waals surface area contributed by atoms with E-state index in [1.54, 1.807) is 17.7 Å². The number of carbonyl (C=O) groups excluding carboxylic acids is 1. The normalized spacial score (nSPS) is 10.5. The molecular formula is C16H17NO2. The van der Waals surface area contributed by atoms with Crippen molar-refractivity contribution in [1.82, 2.24) is 4.57 Å². The molecule has 1 heterocycles. The third-order valence-electron chi connectivity index (χ3n) is 3.35. The van der Waals surface area contributed by atoms with E-state index < -0.39 is 0 Å². The van der Waals surface area contributed by atoms with Gasteiger partial charge in [0.15, 0.2) is 5.78 Å². The molecule has 0 spiro atoms. The Morgan fingerprint density at radius 3 is 2.42 bits per heavy atom. The summed E-state index contributed by atoms with van der Waals surface area (Å²) in [6.07, 6.45) is 0. The van der Waals surface area contributed by atoms with Gasteiger partial charge in [0, 0.05) is 12.6 Å². The minimum atomic E-state index is -0.245. The minimum Gasteiger partial charge on any atom is -0.311 e. The van der Waals surface area contributed by atoms with E-state index in [2.05, 4.69) is 6.07 Å². The minimum absolute atomic E-state index is 0.201. The molecule has 1 aromatic carbocycles. The summed E-state index contributed by atoms with van der Waals surface area (Å²) < 4.78 is 1.54. The maximum Gasteiger partial charge on any atom is 0.261 e. The zero-order valence-electron chi connectivity index (χ0n) is 11.7. The zero-order chi connectivity index (χ0) is 14.2. The van der Waals surface area contributed by atoms with Gasteiger partial charge >= 0.3 is 0 Å². The topological polar surface area (TPSA) is 39.1 Å². The smallest absolute Gasteiger partial charge is 0.261 e. The Morgan fingerprint density at radius 2 is 1.79 bits per heavy atom. The summed E-state index contributed by atoms with van der Waals surface area (Å²) in [6.45, 7) is 5.44. The van der Waals surface area contributed by atoms with Gasteiger partial charge in [-0.1, -0.05) is 17.7 Å². The van der Waals surface area contributed by atoms with E-state index in [-0.39, 0.29) is 16.9 Å². The summed E-state index contributed by atoms with van der Waals surface area (Å²) >= 11 is 0. The highest BCUT2D eigenvalue weighted by atomic mass is 16.1. The van der Waals surface area contributed by atoms with E-state index in [1.807, 2.05) is 32.0 Å². The van der Waals surface area contributed by atoms with Gasteiger partial charge in [0.2, 0.25) is 0 Å². The molecule has 0 saturated carbocycles. The summed E-state index contributed by atoms with van der Waals surface area (Å²) in [5, 5.41) is 0. The molecule has 2 aromatic rings. The number of hydrogen-bond donors (Lipinski definition) is 0. The van der Waals surface area contributed by atoms with Crippen molar-refractivity contribution in [2.24, 2.45) is 7.05 Å². The number of hydrogen-bond acceptors (Lipinski definition) is 2. The van der Waals surface area contributed by atoms with E-state index in [0.29, 0.717) is 0 Å². The van der Waals surface area contributed by atoms with Crippen LogP contribution in [0.4, 0.5) is 0 Å². The Balaban J connectivity index is 2.71. The van der Waals surface area contributed by atoms with Crippen LogP contribution in [-0.2, 0) is 7.05 Å². The zero-order valence-corrected chi connectivity index (χ0v) is 11.7. The molecule has 0 radical (unpaired) electrons. The van der Waals surface area contributed by atoms with Crippen molar-refractivity contribution in [3.8, 4) is 11.3 Å². The van der Waals surface area contributed by atoms with E-state index in [0.717, 1.165) is 22.4 Å². The average Bonchev–Trinajstić information content (AvgIpc) is 2.35. The number of pyridine rings is 1. The van der Waals surface area contributed by atoms with Crippen molar-refractivity contribution in [1.29, 1.82) is 0 Å². The molecule has 1 aromatic heterocycles. The predicted octanol–water partition coefficient (Wildman–Crippen LogP) is 2.87. The van der Waals surface area contributed by atoms with Crippen LogP contribution < -0.4 is 5.56 Å². The molecule has 0 aliphatic carbocycles. The highest BCUT2D eigenvalue weighted by Gasteiger charge is 2.12. The number of carbonyl (C=O) groups is 1. The van der Waals surface area contributed by atoms with E-state index in [9.17, 15) is 9.59 Å². The number of aryl methyl sites for hydroxylation is 2. The van der Waals surface area contributed by atoms with Gasteiger partial charge < -0.3 is 4.57 Å². The summed E-state index contributed by atoms with van der Waals surface area (Å²) in [6, 6.07) is 9.58. The first-order valence-electron chi connectivity index (χ1n) is 6.20. The van der Waals surface area contributed by atoms with E-state index >= 15 is 0 Å². The third kappa shape index (κ3) is 2.36. The second-order valence-corrected chi connectivity index (χ2v) is 4.87. The van der Waals surface area contributed by atoms with Crippen LogP contribution in [0.25, 0.3) is 11.3 Å². The van der Waals surface area contributed by atoms with Crippen LogP contribution in [0, 0.1) is 13.8 Å². The van der Waals surface area contributed by atoms with E-state index in [1.165, 1.54) is 6.92 Å². The van der Waals surface area contributed by atoms with Crippen molar-refractivity contribution in [2.75, 3.05) is 0 Å². The molecular weight excluding hydrogens is 238 g/mol.